The zero-order valence-electron chi connectivity index (χ0n) is 12.8. The first-order valence-corrected chi connectivity index (χ1v) is 8.58. The van der Waals surface area contributed by atoms with Gasteiger partial charge in [0.15, 0.2) is 0 Å². The van der Waals surface area contributed by atoms with Crippen molar-refractivity contribution in [2.24, 2.45) is 0 Å². The molecule has 0 amide bonds. The molecular formula is C17H25BrN2. The number of nitrogens with one attached hydrogen (secondary N) is 1. The minimum absolute atomic E-state index is 0.373. The Labute approximate surface area is 131 Å². The molecule has 3 rings (SSSR count). The van der Waals surface area contributed by atoms with Gasteiger partial charge < -0.3 is 10.2 Å². The van der Waals surface area contributed by atoms with Crippen LogP contribution < -0.4 is 10.2 Å². The number of aryl methyl sites for hydroxylation is 2. The van der Waals surface area contributed by atoms with Gasteiger partial charge in [-0.05, 0) is 56.9 Å². The van der Waals surface area contributed by atoms with E-state index < -0.39 is 0 Å². The molecule has 3 heteroatoms. The quantitative estimate of drug-likeness (QED) is 0.827. The van der Waals surface area contributed by atoms with Crippen LogP contribution in [-0.4, -0.2) is 24.7 Å². The van der Waals surface area contributed by atoms with Crippen LogP contribution in [0.15, 0.2) is 16.6 Å². The van der Waals surface area contributed by atoms with Crippen LogP contribution in [0.25, 0.3) is 0 Å². The van der Waals surface area contributed by atoms with E-state index >= 15 is 0 Å². The normalized spacial score (nSPS) is 25.4. The van der Waals surface area contributed by atoms with Crippen LogP contribution in [0.4, 0.5) is 5.69 Å². The van der Waals surface area contributed by atoms with Crippen molar-refractivity contribution in [2.45, 2.75) is 58.0 Å². The first kappa shape index (κ1) is 14.4. The minimum atomic E-state index is 0.373. The summed E-state index contributed by atoms with van der Waals surface area (Å²) < 4.78 is 1.19. The van der Waals surface area contributed by atoms with Crippen LogP contribution in [-0.2, 0) is 0 Å². The van der Waals surface area contributed by atoms with Gasteiger partial charge in [0.25, 0.3) is 0 Å². The molecule has 1 saturated carbocycles. The predicted molar refractivity (Wildman–Crippen MR) is 89.6 cm³/mol. The number of anilines is 1. The topological polar surface area (TPSA) is 15.3 Å². The molecule has 20 heavy (non-hydrogen) atoms. The number of hydrogen-bond acceptors (Lipinski definition) is 2. The van der Waals surface area contributed by atoms with Gasteiger partial charge in [-0.15, -0.1) is 0 Å². The van der Waals surface area contributed by atoms with E-state index in [-0.39, 0.29) is 0 Å². The Balaban J connectivity index is 1.95. The molecule has 110 valence electrons. The van der Waals surface area contributed by atoms with Gasteiger partial charge in [-0.3, -0.25) is 0 Å². The summed E-state index contributed by atoms with van der Waals surface area (Å²) in [5.74, 6) is 0. The van der Waals surface area contributed by atoms with E-state index in [2.05, 4.69) is 59.1 Å². The summed E-state index contributed by atoms with van der Waals surface area (Å²) in [7, 11) is 0. The lowest BCUT2D eigenvalue weighted by Gasteiger charge is -2.47. The van der Waals surface area contributed by atoms with Crippen LogP contribution in [0.1, 0.15) is 43.7 Å². The van der Waals surface area contributed by atoms with E-state index in [4.69, 9.17) is 0 Å². The van der Waals surface area contributed by atoms with Crippen molar-refractivity contribution in [3.05, 3.63) is 27.7 Å². The van der Waals surface area contributed by atoms with E-state index in [0.29, 0.717) is 11.6 Å². The number of rotatable bonds is 1. The largest absolute Gasteiger partial charge is 0.365 e. The molecule has 1 aromatic rings. The second-order valence-electron chi connectivity index (χ2n) is 6.73. The summed E-state index contributed by atoms with van der Waals surface area (Å²) >= 11 is 3.62. The third-order valence-corrected chi connectivity index (χ3v) is 5.54. The monoisotopic (exact) mass is 336 g/mol. The molecule has 2 nitrogen and oxygen atoms in total. The molecule has 0 aromatic heterocycles. The van der Waals surface area contributed by atoms with E-state index in [0.717, 1.165) is 13.1 Å². The molecule has 1 unspecified atom stereocenters. The lowest BCUT2D eigenvalue weighted by molar-refractivity contribution is 0.276. The smallest absolute Gasteiger partial charge is 0.0429 e. The average Bonchev–Trinajstić information content (AvgIpc) is 2.81. The third-order valence-electron chi connectivity index (χ3n) is 5.08. The summed E-state index contributed by atoms with van der Waals surface area (Å²) in [4.78, 5) is 2.65. The van der Waals surface area contributed by atoms with Crippen LogP contribution in [0.2, 0.25) is 0 Å². The first-order valence-electron chi connectivity index (χ1n) is 7.79. The Morgan fingerprint density at radius 3 is 2.40 bits per heavy atom. The average molecular weight is 337 g/mol. The van der Waals surface area contributed by atoms with Gasteiger partial charge in [0.2, 0.25) is 0 Å². The molecule has 1 aliphatic carbocycles. The SMILES string of the molecule is Cc1cc(Br)cc(C)c1N1CC2(CCCC2)NCC1C. The zero-order chi connectivity index (χ0) is 14.3. The van der Waals surface area contributed by atoms with E-state index in [9.17, 15) is 0 Å². The molecule has 1 aromatic carbocycles. The van der Waals surface area contributed by atoms with Gasteiger partial charge in [0.1, 0.15) is 0 Å². The highest BCUT2D eigenvalue weighted by atomic mass is 79.9. The van der Waals surface area contributed by atoms with Crippen LogP contribution in [0, 0.1) is 13.8 Å². The fourth-order valence-corrected chi connectivity index (χ4v) is 4.74. The molecule has 0 radical (unpaired) electrons. The van der Waals surface area contributed by atoms with E-state index in [1.165, 1.54) is 47.0 Å². The maximum absolute atomic E-state index is 3.84. The zero-order valence-corrected chi connectivity index (χ0v) is 14.4. The third kappa shape index (κ3) is 2.50. The van der Waals surface area contributed by atoms with Crippen molar-refractivity contribution in [3.8, 4) is 0 Å². The number of piperazine rings is 1. The molecule has 0 bridgehead atoms. The Morgan fingerprint density at radius 1 is 1.20 bits per heavy atom. The lowest BCUT2D eigenvalue weighted by Crippen LogP contribution is -2.62. The molecule has 1 atom stereocenters. The number of benzene rings is 1. The highest BCUT2D eigenvalue weighted by Gasteiger charge is 2.40. The summed E-state index contributed by atoms with van der Waals surface area (Å²) in [6, 6.07) is 5.07. The maximum Gasteiger partial charge on any atom is 0.0429 e. The minimum Gasteiger partial charge on any atom is -0.365 e. The van der Waals surface area contributed by atoms with E-state index in [1.54, 1.807) is 0 Å². The standard InChI is InChI=1S/C17H25BrN2/c1-12-8-15(18)9-13(2)16(12)20-11-17(6-4-5-7-17)19-10-14(20)3/h8-9,14,19H,4-7,10-11H2,1-3H3. The molecular weight excluding hydrogens is 312 g/mol. The summed E-state index contributed by atoms with van der Waals surface area (Å²) in [5, 5.41) is 3.84. The summed E-state index contributed by atoms with van der Waals surface area (Å²) in [5.41, 5.74) is 4.60. The molecule has 1 saturated heterocycles. The van der Waals surface area contributed by atoms with Crippen LogP contribution in [0.5, 0.6) is 0 Å². The van der Waals surface area contributed by atoms with Crippen molar-refractivity contribution in [1.29, 1.82) is 0 Å². The van der Waals surface area contributed by atoms with Crippen LogP contribution in [0.3, 0.4) is 0 Å². The van der Waals surface area contributed by atoms with Crippen molar-refractivity contribution >= 4 is 21.6 Å². The number of hydrogen-bond donors (Lipinski definition) is 1. The van der Waals surface area contributed by atoms with Crippen molar-refractivity contribution in [2.75, 3.05) is 18.0 Å². The highest BCUT2D eigenvalue weighted by molar-refractivity contribution is 9.10. The van der Waals surface area contributed by atoms with Gasteiger partial charge in [0.05, 0.1) is 0 Å². The Morgan fingerprint density at radius 2 is 1.80 bits per heavy atom. The molecule has 1 N–H and O–H groups in total. The Kier molecular flexibility index (Phi) is 3.85. The van der Waals surface area contributed by atoms with Gasteiger partial charge >= 0.3 is 0 Å². The van der Waals surface area contributed by atoms with Gasteiger partial charge in [0, 0.05) is 34.8 Å². The fraction of sp³-hybridized carbons (Fsp3) is 0.647. The maximum atomic E-state index is 3.84. The summed E-state index contributed by atoms with van der Waals surface area (Å²) in [6.45, 7) is 9.09. The highest BCUT2D eigenvalue weighted by Crippen LogP contribution is 2.37. The Bertz CT molecular complexity index is 483. The predicted octanol–water partition coefficient (Wildman–Crippen LogP) is 4.18. The molecule has 1 heterocycles. The fourth-order valence-electron chi connectivity index (χ4n) is 4.05. The van der Waals surface area contributed by atoms with Crippen molar-refractivity contribution < 1.29 is 0 Å². The second-order valence-corrected chi connectivity index (χ2v) is 7.65. The Hall–Kier alpha value is -0.540. The van der Waals surface area contributed by atoms with Crippen molar-refractivity contribution in [3.63, 3.8) is 0 Å². The van der Waals surface area contributed by atoms with Crippen molar-refractivity contribution in [1.82, 2.24) is 5.32 Å². The van der Waals surface area contributed by atoms with Crippen LogP contribution >= 0.6 is 15.9 Å². The first-order chi connectivity index (χ1) is 9.51. The van der Waals surface area contributed by atoms with Gasteiger partial charge in [-0.2, -0.15) is 0 Å². The molecule has 1 aliphatic heterocycles. The summed E-state index contributed by atoms with van der Waals surface area (Å²) in [6.07, 6.45) is 5.44. The second kappa shape index (κ2) is 5.34. The lowest BCUT2D eigenvalue weighted by atomic mass is 9.91. The number of halogens is 1. The number of nitrogens with zero attached hydrogens (tertiary/aromatic N) is 1. The van der Waals surface area contributed by atoms with Gasteiger partial charge in [-0.1, -0.05) is 28.8 Å². The molecule has 2 fully saturated rings. The molecule has 1 spiro atoms. The molecule has 2 aliphatic rings. The van der Waals surface area contributed by atoms with E-state index in [1.807, 2.05) is 0 Å². The van der Waals surface area contributed by atoms with Gasteiger partial charge in [-0.25, -0.2) is 0 Å².